The fourth-order valence-electron chi connectivity index (χ4n) is 1.94. The van der Waals surface area contributed by atoms with Crippen molar-refractivity contribution in [1.29, 1.82) is 0 Å². The van der Waals surface area contributed by atoms with Crippen molar-refractivity contribution in [2.75, 3.05) is 12.4 Å². The Morgan fingerprint density at radius 2 is 1.95 bits per heavy atom. The molecule has 1 aromatic carbocycles. The van der Waals surface area contributed by atoms with Gasteiger partial charge in [0.2, 0.25) is 0 Å². The maximum absolute atomic E-state index is 12.4. The summed E-state index contributed by atoms with van der Waals surface area (Å²) in [5, 5.41) is 3.04. The first-order valence-electron chi connectivity index (χ1n) is 6.55. The largest absolute Gasteiger partial charge is 0.465 e. The van der Waals surface area contributed by atoms with Crippen molar-refractivity contribution in [2.45, 2.75) is 13.8 Å². The predicted molar refractivity (Wildman–Crippen MR) is 84.5 cm³/mol. The van der Waals surface area contributed by atoms with E-state index in [2.05, 4.69) is 15.0 Å². The zero-order chi connectivity index (χ0) is 16.3. The summed E-state index contributed by atoms with van der Waals surface area (Å²) in [6.45, 7) is 3.65. The van der Waals surface area contributed by atoms with Crippen molar-refractivity contribution >= 4 is 29.2 Å². The molecule has 0 bridgehead atoms. The highest BCUT2D eigenvalue weighted by Gasteiger charge is 2.14. The first-order chi connectivity index (χ1) is 10.4. The molecule has 0 aliphatic carbocycles. The van der Waals surface area contributed by atoms with Gasteiger partial charge in [-0.05, 0) is 43.7 Å². The molecule has 6 heteroatoms. The van der Waals surface area contributed by atoms with Crippen LogP contribution < -0.4 is 5.32 Å². The van der Waals surface area contributed by atoms with E-state index in [4.69, 9.17) is 11.6 Å². The van der Waals surface area contributed by atoms with Crippen LogP contribution in [-0.2, 0) is 4.74 Å². The highest BCUT2D eigenvalue weighted by atomic mass is 35.5. The Hall–Kier alpha value is -2.40. The molecule has 0 aliphatic rings. The Morgan fingerprint density at radius 1 is 1.23 bits per heavy atom. The van der Waals surface area contributed by atoms with Crippen LogP contribution in [0.5, 0.6) is 0 Å². The number of ether oxygens (including phenoxy) is 1. The molecule has 1 amide bonds. The van der Waals surface area contributed by atoms with E-state index in [1.165, 1.54) is 25.3 Å². The SMILES string of the molecule is COC(=O)c1ccc(Cl)c(NC(=O)c2ccnc(C)c2C)c1. The molecule has 0 spiro atoms. The molecule has 0 atom stereocenters. The lowest BCUT2D eigenvalue weighted by molar-refractivity contribution is 0.0600. The van der Waals surface area contributed by atoms with Crippen molar-refractivity contribution in [3.63, 3.8) is 0 Å². The second-order valence-corrected chi connectivity index (χ2v) is 5.12. The van der Waals surface area contributed by atoms with Crippen LogP contribution in [0.15, 0.2) is 30.5 Å². The summed E-state index contributed by atoms with van der Waals surface area (Å²) in [5.41, 5.74) is 2.74. The summed E-state index contributed by atoms with van der Waals surface area (Å²) in [4.78, 5) is 28.0. The van der Waals surface area contributed by atoms with Gasteiger partial charge >= 0.3 is 5.97 Å². The smallest absolute Gasteiger partial charge is 0.337 e. The fourth-order valence-corrected chi connectivity index (χ4v) is 2.11. The highest BCUT2D eigenvalue weighted by Crippen LogP contribution is 2.24. The van der Waals surface area contributed by atoms with Gasteiger partial charge in [0.25, 0.3) is 5.91 Å². The number of aryl methyl sites for hydroxylation is 1. The number of methoxy groups -OCH3 is 1. The van der Waals surface area contributed by atoms with Gasteiger partial charge in [0.1, 0.15) is 0 Å². The zero-order valence-corrected chi connectivity index (χ0v) is 13.2. The number of carbonyl (C=O) groups is 2. The Morgan fingerprint density at radius 3 is 2.64 bits per heavy atom. The van der Waals surface area contributed by atoms with Crippen molar-refractivity contribution in [3.05, 3.63) is 57.9 Å². The monoisotopic (exact) mass is 318 g/mol. The molecule has 0 saturated carbocycles. The summed E-state index contributed by atoms with van der Waals surface area (Å²) in [5.74, 6) is -0.810. The van der Waals surface area contributed by atoms with Gasteiger partial charge in [-0.25, -0.2) is 4.79 Å². The number of anilines is 1. The molecule has 0 aliphatic heterocycles. The van der Waals surface area contributed by atoms with E-state index in [1.807, 2.05) is 13.8 Å². The number of nitrogens with zero attached hydrogens (tertiary/aromatic N) is 1. The lowest BCUT2D eigenvalue weighted by Gasteiger charge is -2.11. The van der Waals surface area contributed by atoms with Gasteiger partial charge in [-0.15, -0.1) is 0 Å². The molecule has 0 unspecified atom stereocenters. The predicted octanol–water partition coefficient (Wildman–Crippen LogP) is 3.39. The number of hydrogen-bond donors (Lipinski definition) is 1. The standard InChI is InChI=1S/C16H15ClN2O3/c1-9-10(2)18-7-6-12(9)15(20)19-14-8-11(16(21)22-3)4-5-13(14)17/h4-8H,1-3H3,(H,19,20). The minimum Gasteiger partial charge on any atom is -0.465 e. The first-order valence-corrected chi connectivity index (χ1v) is 6.93. The number of amides is 1. The van der Waals surface area contributed by atoms with Gasteiger partial charge < -0.3 is 10.1 Å². The van der Waals surface area contributed by atoms with Gasteiger partial charge in [0, 0.05) is 17.5 Å². The maximum Gasteiger partial charge on any atom is 0.337 e. The second kappa shape index (κ2) is 6.58. The number of halogens is 1. The van der Waals surface area contributed by atoms with Crippen molar-refractivity contribution in [2.24, 2.45) is 0 Å². The van der Waals surface area contributed by atoms with E-state index in [0.717, 1.165) is 11.3 Å². The molecule has 0 saturated heterocycles. The van der Waals surface area contributed by atoms with Crippen LogP contribution in [-0.4, -0.2) is 24.0 Å². The highest BCUT2D eigenvalue weighted by molar-refractivity contribution is 6.34. The third kappa shape index (κ3) is 3.26. The number of pyridine rings is 1. The third-order valence-corrected chi connectivity index (χ3v) is 3.67. The summed E-state index contributed by atoms with van der Waals surface area (Å²) in [6, 6.07) is 6.19. The first kappa shape index (κ1) is 16.0. The lowest BCUT2D eigenvalue weighted by Crippen LogP contribution is -2.15. The molecule has 22 heavy (non-hydrogen) atoms. The maximum atomic E-state index is 12.4. The number of esters is 1. The van der Waals surface area contributed by atoms with Gasteiger partial charge in [-0.1, -0.05) is 11.6 Å². The molecule has 2 rings (SSSR count). The van der Waals surface area contributed by atoms with Gasteiger partial charge in [0.05, 0.1) is 23.4 Å². The van der Waals surface area contributed by atoms with Crippen LogP contribution in [0.2, 0.25) is 5.02 Å². The van der Waals surface area contributed by atoms with Crippen LogP contribution >= 0.6 is 11.6 Å². The normalized spacial score (nSPS) is 10.2. The van der Waals surface area contributed by atoms with Gasteiger partial charge in [0.15, 0.2) is 0 Å². The average Bonchev–Trinajstić information content (AvgIpc) is 2.51. The summed E-state index contributed by atoms with van der Waals surface area (Å²) in [6.07, 6.45) is 1.57. The number of benzene rings is 1. The second-order valence-electron chi connectivity index (χ2n) is 4.71. The van der Waals surface area contributed by atoms with Crippen LogP contribution in [0.4, 0.5) is 5.69 Å². The number of carbonyl (C=O) groups excluding carboxylic acids is 2. The van der Waals surface area contributed by atoms with Crippen LogP contribution in [0.3, 0.4) is 0 Å². The molecule has 0 radical (unpaired) electrons. The number of nitrogens with one attached hydrogen (secondary N) is 1. The molecule has 1 aromatic heterocycles. The molecule has 114 valence electrons. The zero-order valence-electron chi connectivity index (χ0n) is 12.4. The topological polar surface area (TPSA) is 68.3 Å². The van der Waals surface area contributed by atoms with Gasteiger partial charge in [-0.2, -0.15) is 0 Å². The summed E-state index contributed by atoms with van der Waals surface area (Å²) >= 11 is 6.07. The molecular formula is C16H15ClN2O3. The summed E-state index contributed by atoms with van der Waals surface area (Å²) < 4.78 is 4.65. The van der Waals surface area contributed by atoms with Gasteiger partial charge in [-0.3, -0.25) is 9.78 Å². The fraction of sp³-hybridized carbons (Fsp3) is 0.188. The molecule has 5 nitrogen and oxygen atoms in total. The Labute approximate surface area is 133 Å². The number of rotatable bonds is 3. The van der Waals surface area contributed by atoms with Crippen molar-refractivity contribution in [1.82, 2.24) is 4.98 Å². The van der Waals surface area contributed by atoms with E-state index >= 15 is 0 Å². The Bertz CT molecular complexity index is 744. The van der Waals surface area contributed by atoms with Crippen molar-refractivity contribution in [3.8, 4) is 0 Å². The number of hydrogen-bond acceptors (Lipinski definition) is 4. The van der Waals surface area contributed by atoms with E-state index in [1.54, 1.807) is 12.3 Å². The average molecular weight is 319 g/mol. The quantitative estimate of drug-likeness (QED) is 0.881. The van der Waals surface area contributed by atoms with Crippen LogP contribution in [0.25, 0.3) is 0 Å². The molecule has 0 fully saturated rings. The number of aromatic nitrogens is 1. The minimum atomic E-state index is -0.497. The third-order valence-electron chi connectivity index (χ3n) is 3.34. The molecule has 1 heterocycles. The minimum absolute atomic E-state index is 0.310. The molecular weight excluding hydrogens is 304 g/mol. The van der Waals surface area contributed by atoms with E-state index in [-0.39, 0.29) is 5.91 Å². The molecule has 1 N–H and O–H groups in total. The molecule has 2 aromatic rings. The lowest BCUT2D eigenvalue weighted by atomic mass is 10.1. The Balaban J connectivity index is 2.32. The Kier molecular flexibility index (Phi) is 4.78. The summed E-state index contributed by atoms with van der Waals surface area (Å²) in [7, 11) is 1.29. The van der Waals surface area contributed by atoms with E-state index in [9.17, 15) is 9.59 Å². The van der Waals surface area contributed by atoms with E-state index < -0.39 is 5.97 Å². The van der Waals surface area contributed by atoms with Crippen molar-refractivity contribution < 1.29 is 14.3 Å². The van der Waals surface area contributed by atoms with E-state index in [0.29, 0.717) is 21.8 Å². The van der Waals surface area contributed by atoms with Crippen LogP contribution in [0.1, 0.15) is 32.0 Å². The van der Waals surface area contributed by atoms with Crippen LogP contribution in [0, 0.1) is 13.8 Å².